The summed E-state index contributed by atoms with van der Waals surface area (Å²) in [5, 5.41) is 7.62. The Bertz CT molecular complexity index is 791. The minimum atomic E-state index is 0.539. The molecule has 4 rings (SSSR count). The molecule has 6 nitrogen and oxygen atoms in total. The number of pyridine rings is 1. The first-order valence-electron chi connectivity index (χ1n) is 7.36. The lowest BCUT2D eigenvalue weighted by Crippen LogP contribution is -2.00. The smallest absolute Gasteiger partial charge is 0.153 e. The third-order valence-electron chi connectivity index (χ3n) is 3.55. The number of hydrogen-bond acceptors (Lipinski definition) is 5. The number of aromatic nitrogens is 5. The molecule has 22 heavy (non-hydrogen) atoms. The van der Waals surface area contributed by atoms with Crippen LogP contribution in [0.25, 0.3) is 5.82 Å². The molecular formula is C16H16N6. The van der Waals surface area contributed by atoms with E-state index in [-0.39, 0.29) is 0 Å². The lowest BCUT2D eigenvalue weighted by molar-refractivity contribution is 0.847. The normalized spacial score (nSPS) is 14.0. The Morgan fingerprint density at radius 3 is 2.91 bits per heavy atom. The predicted molar refractivity (Wildman–Crippen MR) is 83.4 cm³/mol. The summed E-state index contributed by atoms with van der Waals surface area (Å²) in [7, 11) is 0. The van der Waals surface area contributed by atoms with Crippen LogP contribution in [0.5, 0.6) is 0 Å². The van der Waals surface area contributed by atoms with Crippen LogP contribution in [0.4, 0.5) is 11.5 Å². The van der Waals surface area contributed by atoms with Gasteiger partial charge in [-0.15, -0.1) is 0 Å². The number of nitrogens with zero attached hydrogens (tertiary/aromatic N) is 5. The highest BCUT2D eigenvalue weighted by atomic mass is 15.3. The summed E-state index contributed by atoms with van der Waals surface area (Å²) in [6.45, 7) is 2.00. The molecule has 6 heteroatoms. The van der Waals surface area contributed by atoms with Gasteiger partial charge in [-0.25, -0.2) is 19.6 Å². The van der Waals surface area contributed by atoms with Gasteiger partial charge in [0.15, 0.2) is 5.82 Å². The molecule has 3 heterocycles. The molecule has 3 aromatic heterocycles. The Hall–Kier alpha value is -2.76. The maximum absolute atomic E-state index is 4.60. The molecular weight excluding hydrogens is 276 g/mol. The zero-order valence-corrected chi connectivity index (χ0v) is 12.3. The van der Waals surface area contributed by atoms with Gasteiger partial charge in [-0.3, -0.25) is 0 Å². The van der Waals surface area contributed by atoms with Gasteiger partial charge in [0.05, 0.1) is 18.1 Å². The van der Waals surface area contributed by atoms with Gasteiger partial charge < -0.3 is 5.32 Å². The van der Waals surface area contributed by atoms with Crippen molar-refractivity contribution < 1.29 is 0 Å². The first-order chi connectivity index (χ1) is 10.8. The summed E-state index contributed by atoms with van der Waals surface area (Å²) < 4.78 is 1.73. The molecule has 0 unspecified atom stereocenters. The van der Waals surface area contributed by atoms with Crippen molar-refractivity contribution in [3.05, 3.63) is 54.4 Å². The van der Waals surface area contributed by atoms with Crippen molar-refractivity contribution in [2.45, 2.75) is 25.7 Å². The average Bonchev–Trinajstić information content (AvgIpc) is 3.28. The van der Waals surface area contributed by atoms with Gasteiger partial charge in [-0.1, -0.05) is 6.07 Å². The second-order valence-corrected chi connectivity index (χ2v) is 5.51. The van der Waals surface area contributed by atoms with Crippen molar-refractivity contribution in [2.75, 3.05) is 5.32 Å². The molecule has 3 aromatic rings. The summed E-state index contributed by atoms with van der Waals surface area (Å²) in [4.78, 5) is 13.4. The highest BCUT2D eigenvalue weighted by molar-refractivity contribution is 5.55. The first-order valence-corrected chi connectivity index (χ1v) is 7.36. The van der Waals surface area contributed by atoms with E-state index in [4.69, 9.17) is 0 Å². The Balaban J connectivity index is 1.58. The van der Waals surface area contributed by atoms with Crippen molar-refractivity contribution in [3.63, 3.8) is 0 Å². The fraction of sp³-hybridized carbons (Fsp3) is 0.250. The summed E-state index contributed by atoms with van der Waals surface area (Å²) in [5.41, 5.74) is 1.86. The Labute approximate surface area is 128 Å². The first kappa shape index (κ1) is 12.9. The highest BCUT2D eigenvalue weighted by Crippen LogP contribution is 2.38. The molecule has 1 N–H and O–H groups in total. The van der Waals surface area contributed by atoms with E-state index < -0.39 is 0 Å². The molecule has 0 radical (unpaired) electrons. The van der Waals surface area contributed by atoms with Crippen molar-refractivity contribution in [1.82, 2.24) is 24.7 Å². The lowest BCUT2D eigenvalue weighted by atomic mass is 10.3. The summed E-state index contributed by atoms with van der Waals surface area (Å²) >= 11 is 0. The standard InChI is InChI=1S/C16H16N6/c1-11-8-14(21-16(19-11)12-5-6-12)20-13-9-18-22(10-13)15-4-2-3-7-17-15/h2-4,7-10,12H,5-6H2,1H3,(H,19,20,21). The predicted octanol–water partition coefficient (Wildman–Crippen LogP) is 2.99. The molecule has 1 fully saturated rings. The zero-order valence-electron chi connectivity index (χ0n) is 12.3. The van der Waals surface area contributed by atoms with Crippen LogP contribution in [0.3, 0.4) is 0 Å². The Morgan fingerprint density at radius 1 is 1.23 bits per heavy atom. The van der Waals surface area contributed by atoms with Crippen LogP contribution in [-0.4, -0.2) is 24.7 Å². The van der Waals surface area contributed by atoms with Crippen LogP contribution in [0.1, 0.15) is 30.3 Å². The van der Waals surface area contributed by atoms with Crippen LogP contribution in [0.15, 0.2) is 42.9 Å². The lowest BCUT2D eigenvalue weighted by Gasteiger charge is -2.06. The number of nitrogens with one attached hydrogen (secondary N) is 1. The second kappa shape index (κ2) is 5.22. The monoisotopic (exact) mass is 292 g/mol. The van der Waals surface area contributed by atoms with Gasteiger partial charge in [-0.05, 0) is 31.9 Å². The summed E-state index contributed by atoms with van der Waals surface area (Å²) in [5.74, 6) is 3.08. The molecule has 110 valence electrons. The quantitative estimate of drug-likeness (QED) is 0.800. The SMILES string of the molecule is Cc1cc(Nc2cnn(-c3ccccn3)c2)nc(C2CC2)n1. The molecule has 1 saturated carbocycles. The fourth-order valence-corrected chi connectivity index (χ4v) is 2.33. The van der Waals surface area contributed by atoms with Crippen LogP contribution in [-0.2, 0) is 0 Å². The van der Waals surface area contributed by atoms with Crippen molar-refractivity contribution >= 4 is 11.5 Å². The van der Waals surface area contributed by atoms with Gasteiger partial charge >= 0.3 is 0 Å². The van der Waals surface area contributed by atoms with Crippen molar-refractivity contribution in [1.29, 1.82) is 0 Å². The molecule has 0 atom stereocenters. The Morgan fingerprint density at radius 2 is 2.14 bits per heavy atom. The van der Waals surface area contributed by atoms with Gasteiger partial charge in [0.1, 0.15) is 11.6 Å². The van der Waals surface area contributed by atoms with E-state index in [2.05, 4.69) is 25.4 Å². The largest absolute Gasteiger partial charge is 0.338 e. The van der Waals surface area contributed by atoms with Crippen molar-refractivity contribution in [3.8, 4) is 5.82 Å². The third kappa shape index (κ3) is 2.67. The number of rotatable bonds is 4. The van der Waals surface area contributed by atoms with E-state index >= 15 is 0 Å². The van der Waals surface area contributed by atoms with E-state index in [1.165, 1.54) is 12.8 Å². The van der Waals surface area contributed by atoms with Gasteiger partial charge in [0.25, 0.3) is 0 Å². The minimum Gasteiger partial charge on any atom is -0.338 e. The summed E-state index contributed by atoms with van der Waals surface area (Å²) in [6, 6.07) is 7.68. The fourth-order valence-electron chi connectivity index (χ4n) is 2.33. The van der Waals surface area contributed by atoms with Crippen LogP contribution in [0, 0.1) is 6.92 Å². The molecule has 0 bridgehead atoms. The highest BCUT2D eigenvalue weighted by Gasteiger charge is 2.27. The van der Waals surface area contributed by atoms with Crippen LogP contribution < -0.4 is 5.32 Å². The zero-order chi connectivity index (χ0) is 14.9. The van der Waals surface area contributed by atoms with E-state index in [1.807, 2.05) is 37.4 Å². The van der Waals surface area contributed by atoms with E-state index in [0.29, 0.717) is 5.92 Å². The molecule has 0 saturated heterocycles. The molecule has 0 spiro atoms. The summed E-state index contributed by atoms with van der Waals surface area (Å²) in [6.07, 6.45) is 7.81. The van der Waals surface area contributed by atoms with Crippen LogP contribution >= 0.6 is 0 Å². The molecule has 0 aromatic carbocycles. The van der Waals surface area contributed by atoms with Crippen molar-refractivity contribution in [2.24, 2.45) is 0 Å². The van der Waals surface area contributed by atoms with Crippen LogP contribution in [0.2, 0.25) is 0 Å². The van der Waals surface area contributed by atoms with Gasteiger partial charge in [0, 0.05) is 23.9 Å². The number of aryl methyl sites for hydroxylation is 1. The average molecular weight is 292 g/mol. The molecule has 0 amide bonds. The number of anilines is 2. The van der Waals surface area contributed by atoms with Gasteiger partial charge in [-0.2, -0.15) is 5.10 Å². The third-order valence-corrected chi connectivity index (χ3v) is 3.55. The molecule has 1 aliphatic carbocycles. The topological polar surface area (TPSA) is 68.5 Å². The maximum Gasteiger partial charge on any atom is 0.153 e. The molecule has 1 aliphatic rings. The van der Waals surface area contributed by atoms with E-state index in [9.17, 15) is 0 Å². The minimum absolute atomic E-state index is 0.539. The molecule has 0 aliphatic heterocycles. The maximum atomic E-state index is 4.60. The van der Waals surface area contributed by atoms with E-state index in [1.54, 1.807) is 17.1 Å². The Kier molecular flexibility index (Phi) is 3.07. The van der Waals surface area contributed by atoms with E-state index in [0.717, 1.165) is 28.8 Å². The van der Waals surface area contributed by atoms with Gasteiger partial charge in [0.2, 0.25) is 0 Å². The number of hydrogen-bond donors (Lipinski definition) is 1. The second-order valence-electron chi connectivity index (χ2n) is 5.51.